The lowest BCUT2D eigenvalue weighted by Gasteiger charge is -2.34. The summed E-state index contributed by atoms with van der Waals surface area (Å²) in [5.41, 5.74) is 8.06. The van der Waals surface area contributed by atoms with Gasteiger partial charge in [0.05, 0.1) is 6.61 Å². The largest absolute Gasteiger partial charge is 0.399 e. The summed E-state index contributed by atoms with van der Waals surface area (Å²) in [4.78, 5) is 14.5. The number of rotatable bonds is 4. The monoisotopic (exact) mass is 276 g/mol. The first-order valence-electron chi connectivity index (χ1n) is 7.41. The Morgan fingerprint density at radius 1 is 1.30 bits per heavy atom. The number of hydrogen-bond donors (Lipinski definition) is 2. The summed E-state index contributed by atoms with van der Waals surface area (Å²) >= 11 is 0. The van der Waals surface area contributed by atoms with Crippen molar-refractivity contribution >= 4 is 11.6 Å². The van der Waals surface area contributed by atoms with Crippen LogP contribution in [0.1, 0.15) is 48.0 Å². The summed E-state index contributed by atoms with van der Waals surface area (Å²) in [5, 5.41) is 9.25. The van der Waals surface area contributed by atoms with E-state index in [4.69, 9.17) is 5.73 Å². The van der Waals surface area contributed by atoms with Crippen LogP contribution in [-0.2, 0) is 0 Å². The normalized spacial score (nSPS) is 16.1. The molecule has 0 bridgehead atoms. The molecule has 0 heterocycles. The van der Waals surface area contributed by atoms with Gasteiger partial charge in [-0.1, -0.05) is 19.3 Å². The SMILES string of the molecule is Cc1cc(N)cc(C(=O)N(CCO)C2CCCCC2)c1. The average molecular weight is 276 g/mol. The topological polar surface area (TPSA) is 66.6 Å². The fourth-order valence-electron chi connectivity index (χ4n) is 3.05. The molecule has 0 spiro atoms. The summed E-state index contributed by atoms with van der Waals surface area (Å²) in [7, 11) is 0. The minimum atomic E-state index is -0.0126. The molecule has 2 rings (SSSR count). The van der Waals surface area contributed by atoms with Gasteiger partial charge in [0.2, 0.25) is 0 Å². The van der Waals surface area contributed by atoms with Gasteiger partial charge in [0.1, 0.15) is 0 Å². The standard InChI is InChI=1S/C16H24N2O2/c1-12-9-13(11-14(17)10-12)16(20)18(7-8-19)15-5-3-2-4-6-15/h9-11,15,19H,2-8,17H2,1H3. The Kier molecular flexibility index (Phi) is 5.01. The zero-order chi connectivity index (χ0) is 14.5. The maximum Gasteiger partial charge on any atom is 0.254 e. The molecule has 3 N–H and O–H groups in total. The highest BCUT2D eigenvalue weighted by Crippen LogP contribution is 2.24. The second-order valence-electron chi connectivity index (χ2n) is 5.65. The number of nitrogen functional groups attached to an aromatic ring is 1. The Bertz CT molecular complexity index is 447. The number of aliphatic hydroxyl groups is 1. The summed E-state index contributed by atoms with van der Waals surface area (Å²) in [6, 6.07) is 5.70. The number of aryl methyl sites for hydroxylation is 1. The van der Waals surface area contributed by atoms with E-state index in [1.54, 1.807) is 6.07 Å². The van der Waals surface area contributed by atoms with Gasteiger partial charge >= 0.3 is 0 Å². The lowest BCUT2D eigenvalue weighted by molar-refractivity contribution is 0.0585. The van der Waals surface area contributed by atoms with Crippen LogP contribution in [0.3, 0.4) is 0 Å². The molecule has 1 aliphatic rings. The molecule has 0 atom stereocenters. The highest BCUT2D eigenvalue weighted by atomic mass is 16.3. The average Bonchev–Trinajstić information content (AvgIpc) is 2.44. The smallest absolute Gasteiger partial charge is 0.254 e. The van der Waals surface area contributed by atoms with Crippen molar-refractivity contribution in [2.24, 2.45) is 0 Å². The Hall–Kier alpha value is -1.55. The molecule has 0 saturated heterocycles. The van der Waals surface area contributed by atoms with Crippen LogP contribution in [0.15, 0.2) is 18.2 Å². The van der Waals surface area contributed by atoms with Crippen LogP contribution in [0.4, 0.5) is 5.69 Å². The highest BCUT2D eigenvalue weighted by molar-refractivity contribution is 5.95. The van der Waals surface area contributed by atoms with Crippen LogP contribution in [-0.4, -0.2) is 35.1 Å². The van der Waals surface area contributed by atoms with Crippen molar-refractivity contribution in [2.45, 2.75) is 45.1 Å². The van der Waals surface area contributed by atoms with Crippen LogP contribution in [0.2, 0.25) is 0 Å². The van der Waals surface area contributed by atoms with Gasteiger partial charge in [0, 0.05) is 23.8 Å². The van der Waals surface area contributed by atoms with E-state index in [1.165, 1.54) is 6.42 Å². The third-order valence-corrected chi connectivity index (χ3v) is 3.96. The van der Waals surface area contributed by atoms with Gasteiger partial charge < -0.3 is 15.7 Å². The minimum Gasteiger partial charge on any atom is -0.399 e. The Balaban J connectivity index is 2.20. The molecule has 0 radical (unpaired) electrons. The first-order valence-corrected chi connectivity index (χ1v) is 7.41. The van der Waals surface area contributed by atoms with E-state index in [0.717, 1.165) is 31.2 Å². The number of anilines is 1. The molecule has 1 aromatic carbocycles. The highest BCUT2D eigenvalue weighted by Gasteiger charge is 2.26. The van der Waals surface area contributed by atoms with E-state index in [2.05, 4.69) is 0 Å². The number of aliphatic hydroxyl groups excluding tert-OH is 1. The van der Waals surface area contributed by atoms with Crippen LogP contribution in [0, 0.1) is 6.92 Å². The fraction of sp³-hybridized carbons (Fsp3) is 0.562. The van der Waals surface area contributed by atoms with E-state index in [-0.39, 0.29) is 18.6 Å². The second kappa shape index (κ2) is 6.75. The van der Waals surface area contributed by atoms with E-state index >= 15 is 0 Å². The molecule has 1 aliphatic carbocycles. The van der Waals surface area contributed by atoms with Gasteiger partial charge in [-0.2, -0.15) is 0 Å². The van der Waals surface area contributed by atoms with Gasteiger partial charge in [-0.25, -0.2) is 0 Å². The quantitative estimate of drug-likeness (QED) is 0.830. The number of nitrogens with zero attached hydrogens (tertiary/aromatic N) is 1. The van der Waals surface area contributed by atoms with Crippen molar-refractivity contribution in [3.8, 4) is 0 Å². The second-order valence-corrected chi connectivity index (χ2v) is 5.65. The molecule has 0 aliphatic heterocycles. The summed E-state index contributed by atoms with van der Waals surface area (Å²) in [6.45, 7) is 2.34. The summed E-state index contributed by atoms with van der Waals surface area (Å²) < 4.78 is 0. The molecule has 0 unspecified atom stereocenters. The molecule has 4 heteroatoms. The van der Waals surface area contributed by atoms with E-state index in [0.29, 0.717) is 17.8 Å². The molecule has 0 aromatic heterocycles. The predicted octanol–water partition coefficient (Wildman–Crippen LogP) is 2.34. The van der Waals surface area contributed by atoms with Gasteiger partial charge in [0.15, 0.2) is 0 Å². The van der Waals surface area contributed by atoms with Crippen LogP contribution in [0.25, 0.3) is 0 Å². The molecular formula is C16H24N2O2. The Morgan fingerprint density at radius 3 is 2.60 bits per heavy atom. The number of hydrogen-bond acceptors (Lipinski definition) is 3. The molecule has 4 nitrogen and oxygen atoms in total. The molecule has 1 fully saturated rings. The Morgan fingerprint density at radius 2 is 2.00 bits per heavy atom. The summed E-state index contributed by atoms with van der Waals surface area (Å²) in [5.74, 6) is -0.0126. The van der Waals surface area contributed by atoms with Gasteiger partial charge in [0.25, 0.3) is 5.91 Å². The van der Waals surface area contributed by atoms with Crippen molar-refractivity contribution < 1.29 is 9.90 Å². The summed E-state index contributed by atoms with van der Waals surface area (Å²) in [6.07, 6.45) is 5.64. The lowest BCUT2D eigenvalue weighted by Crippen LogP contribution is -2.43. The first kappa shape index (κ1) is 14.9. The van der Waals surface area contributed by atoms with Crippen LogP contribution < -0.4 is 5.73 Å². The minimum absolute atomic E-state index is 0.00351. The van der Waals surface area contributed by atoms with Crippen LogP contribution >= 0.6 is 0 Å². The maximum atomic E-state index is 12.7. The van der Waals surface area contributed by atoms with Gasteiger partial charge in [-0.3, -0.25) is 4.79 Å². The number of carbonyl (C=O) groups is 1. The molecular weight excluding hydrogens is 252 g/mol. The number of nitrogens with two attached hydrogens (primary N) is 1. The van der Waals surface area contributed by atoms with Crippen molar-refractivity contribution in [1.29, 1.82) is 0 Å². The third-order valence-electron chi connectivity index (χ3n) is 3.96. The predicted molar refractivity (Wildman–Crippen MR) is 80.6 cm³/mol. The lowest BCUT2D eigenvalue weighted by atomic mass is 9.93. The Labute approximate surface area is 120 Å². The molecule has 1 amide bonds. The van der Waals surface area contributed by atoms with Gasteiger partial charge in [-0.15, -0.1) is 0 Å². The first-order chi connectivity index (χ1) is 9.61. The van der Waals surface area contributed by atoms with Crippen molar-refractivity contribution in [2.75, 3.05) is 18.9 Å². The van der Waals surface area contributed by atoms with E-state index in [1.807, 2.05) is 24.0 Å². The fourth-order valence-corrected chi connectivity index (χ4v) is 3.05. The zero-order valence-corrected chi connectivity index (χ0v) is 12.1. The van der Waals surface area contributed by atoms with Gasteiger partial charge in [-0.05, 0) is 43.5 Å². The number of benzene rings is 1. The third kappa shape index (κ3) is 3.51. The molecule has 1 aromatic rings. The van der Waals surface area contributed by atoms with Crippen molar-refractivity contribution in [3.63, 3.8) is 0 Å². The van der Waals surface area contributed by atoms with E-state index < -0.39 is 0 Å². The number of carbonyl (C=O) groups excluding carboxylic acids is 1. The van der Waals surface area contributed by atoms with Crippen molar-refractivity contribution in [1.82, 2.24) is 4.90 Å². The molecule has 110 valence electrons. The molecule has 1 saturated carbocycles. The van der Waals surface area contributed by atoms with E-state index in [9.17, 15) is 9.90 Å². The molecule has 20 heavy (non-hydrogen) atoms. The maximum absolute atomic E-state index is 12.7. The van der Waals surface area contributed by atoms with Crippen LogP contribution in [0.5, 0.6) is 0 Å². The number of amides is 1. The zero-order valence-electron chi connectivity index (χ0n) is 12.1. The van der Waals surface area contributed by atoms with Crippen molar-refractivity contribution in [3.05, 3.63) is 29.3 Å².